The van der Waals surface area contributed by atoms with Crippen molar-refractivity contribution < 1.29 is 19.7 Å². The number of fused-ring (bicyclic) bond motifs is 7. The van der Waals surface area contributed by atoms with E-state index in [0.29, 0.717) is 47.5 Å². The SMILES string of the molecule is C[C@H]1CC[C@]2(OC1)O[C@H]1C[C@H]3[C@@H]4CC[C@H]5C[C@@H](O)CC[C@]5(C)[C@H]4[C@@H](O)C[C@]3(C)[C@H]1[C@H]2C. The molecule has 176 valence electrons. The highest BCUT2D eigenvalue weighted by molar-refractivity contribution is 5.17. The topological polar surface area (TPSA) is 58.9 Å². The molecule has 0 aromatic carbocycles. The Kier molecular flexibility index (Phi) is 4.78. The van der Waals surface area contributed by atoms with Gasteiger partial charge in [0.25, 0.3) is 0 Å². The van der Waals surface area contributed by atoms with E-state index in [9.17, 15) is 10.2 Å². The molecule has 4 saturated carbocycles. The third kappa shape index (κ3) is 2.80. The number of hydrogen-bond donors (Lipinski definition) is 2. The van der Waals surface area contributed by atoms with Crippen LogP contribution in [0.5, 0.6) is 0 Å². The maximum atomic E-state index is 11.7. The van der Waals surface area contributed by atoms with Gasteiger partial charge >= 0.3 is 0 Å². The van der Waals surface area contributed by atoms with Gasteiger partial charge in [-0.3, -0.25) is 0 Å². The Balaban J connectivity index is 1.29. The molecule has 6 fully saturated rings. The van der Waals surface area contributed by atoms with E-state index >= 15 is 0 Å². The van der Waals surface area contributed by atoms with E-state index in [2.05, 4.69) is 27.7 Å². The van der Waals surface area contributed by atoms with Gasteiger partial charge in [-0.05, 0) is 97.7 Å². The van der Waals surface area contributed by atoms with Crippen LogP contribution in [0.15, 0.2) is 0 Å². The largest absolute Gasteiger partial charge is 0.393 e. The monoisotopic (exact) mass is 432 g/mol. The number of ether oxygens (including phenoxy) is 2. The number of aliphatic hydroxyl groups excluding tert-OH is 2. The predicted octanol–water partition coefficient (Wildman–Crippen LogP) is 4.76. The summed E-state index contributed by atoms with van der Waals surface area (Å²) < 4.78 is 13.3. The van der Waals surface area contributed by atoms with Crippen molar-refractivity contribution in [1.29, 1.82) is 0 Å². The first kappa shape index (κ1) is 21.4. The van der Waals surface area contributed by atoms with Gasteiger partial charge in [-0.15, -0.1) is 0 Å². The molecule has 0 aromatic rings. The van der Waals surface area contributed by atoms with Gasteiger partial charge in [0, 0.05) is 12.3 Å². The van der Waals surface area contributed by atoms with Crippen molar-refractivity contribution in [2.75, 3.05) is 6.61 Å². The van der Waals surface area contributed by atoms with Crippen LogP contribution in [0.25, 0.3) is 0 Å². The molecule has 31 heavy (non-hydrogen) atoms. The van der Waals surface area contributed by atoms with Crippen molar-refractivity contribution in [2.45, 2.75) is 110 Å². The summed E-state index contributed by atoms with van der Waals surface area (Å²) in [4.78, 5) is 0. The first-order valence-corrected chi connectivity index (χ1v) is 13.4. The van der Waals surface area contributed by atoms with Gasteiger partial charge in [-0.2, -0.15) is 0 Å². The number of hydrogen-bond acceptors (Lipinski definition) is 4. The second-order valence-electron chi connectivity index (χ2n) is 13.3. The molecule has 0 bridgehead atoms. The molecular weight excluding hydrogens is 388 g/mol. The smallest absolute Gasteiger partial charge is 0.171 e. The summed E-state index contributed by atoms with van der Waals surface area (Å²) in [5, 5.41) is 22.0. The van der Waals surface area contributed by atoms with Gasteiger partial charge in [0.05, 0.1) is 24.9 Å². The highest BCUT2D eigenvalue weighted by Gasteiger charge is 2.70. The van der Waals surface area contributed by atoms with Crippen molar-refractivity contribution in [3.05, 3.63) is 0 Å². The average Bonchev–Trinajstić information content (AvgIpc) is 3.15. The quantitative estimate of drug-likeness (QED) is 0.579. The third-order valence-corrected chi connectivity index (χ3v) is 11.8. The fraction of sp³-hybridized carbons (Fsp3) is 1.00. The molecule has 0 aromatic heterocycles. The lowest BCUT2D eigenvalue weighted by Crippen LogP contribution is -2.59. The van der Waals surface area contributed by atoms with Crippen LogP contribution in [0.3, 0.4) is 0 Å². The Morgan fingerprint density at radius 3 is 2.42 bits per heavy atom. The van der Waals surface area contributed by atoms with Gasteiger partial charge in [0.15, 0.2) is 5.79 Å². The maximum Gasteiger partial charge on any atom is 0.171 e. The Morgan fingerprint density at radius 2 is 1.68 bits per heavy atom. The van der Waals surface area contributed by atoms with Crippen LogP contribution in [0, 0.1) is 52.3 Å². The highest BCUT2D eigenvalue weighted by atomic mass is 16.7. The van der Waals surface area contributed by atoms with Gasteiger partial charge in [0.2, 0.25) is 0 Å². The minimum Gasteiger partial charge on any atom is -0.393 e. The molecule has 1 spiro atoms. The molecule has 4 nitrogen and oxygen atoms in total. The molecule has 13 atom stereocenters. The Hall–Kier alpha value is -0.160. The standard InChI is InChI=1S/C27H44O4/c1-15-7-10-27(30-14-15)16(2)23-22(31-27)12-20-19-6-5-17-11-18(28)8-9-25(17,3)24(19)21(29)13-26(20,23)4/h15-24,28-29H,5-14H2,1-4H3/t15-,16+,17-,18-,19-,20-,21-,22-,23-,24+,25-,26-,27-/m0/s1. The van der Waals surface area contributed by atoms with Gasteiger partial charge in [-0.25, -0.2) is 0 Å². The lowest BCUT2D eigenvalue weighted by molar-refractivity contribution is -0.274. The molecule has 2 heterocycles. The fourth-order valence-electron chi connectivity index (χ4n) is 10.4. The van der Waals surface area contributed by atoms with Gasteiger partial charge in [-0.1, -0.05) is 27.7 Å². The van der Waals surface area contributed by atoms with Crippen LogP contribution in [-0.2, 0) is 9.47 Å². The number of aliphatic hydroxyl groups is 2. The van der Waals surface area contributed by atoms with E-state index in [1.807, 2.05) is 0 Å². The van der Waals surface area contributed by atoms with Crippen molar-refractivity contribution in [1.82, 2.24) is 0 Å². The molecule has 4 heteroatoms. The van der Waals surface area contributed by atoms with E-state index in [1.54, 1.807) is 0 Å². The average molecular weight is 433 g/mol. The highest BCUT2D eigenvalue weighted by Crippen LogP contribution is 2.71. The summed E-state index contributed by atoms with van der Waals surface area (Å²) in [7, 11) is 0. The minimum absolute atomic E-state index is 0.130. The summed E-state index contributed by atoms with van der Waals surface area (Å²) in [6, 6.07) is 0. The summed E-state index contributed by atoms with van der Waals surface area (Å²) in [5.74, 6) is 3.40. The third-order valence-electron chi connectivity index (χ3n) is 11.8. The molecule has 4 aliphatic carbocycles. The normalized spacial score (nSPS) is 63.3. The summed E-state index contributed by atoms with van der Waals surface area (Å²) >= 11 is 0. The molecule has 2 saturated heterocycles. The van der Waals surface area contributed by atoms with E-state index in [0.717, 1.165) is 45.1 Å². The second kappa shape index (κ2) is 6.93. The summed E-state index contributed by atoms with van der Waals surface area (Å²) in [5.41, 5.74) is 0.342. The minimum atomic E-state index is -0.374. The lowest BCUT2D eigenvalue weighted by atomic mass is 9.43. The van der Waals surface area contributed by atoms with Crippen molar-refractivity contribution in [2.24, 2.45) is 52.3 Å². The van der Waals surface area contributed by atoms with Crippen molar-refractivity contribution >= 4 is 0 Å². The van der Waals surface area contributed by atoms with E-state index < -0.39 is 0 Å². The van der Waals surface area contributed by atoms with E-state index in [4.69, 9.17) is 9.47 Å². The fourth-order valence-corrected chi connectivity index (χ4v) is 10.4. The zero-order valence-electron chi connectivity index (χ0n) is 20.1. The molecule has 2 aliphatic heterocycles. The second-order valence-corrected chi connectivity index (χ2v) is 13.3. The van der Waals surface area contributed by atoms with Crippen molar-refractivity contribution in [3.63, 3.8) is 0 Å². The van der Waals surface area contributed by atoms with Gasteiger partial charge < -0.3 is 19.7 Å². The molecule has 0 radical (unpaired) electrons. The first-order chi connectivity index (χ1) is 14.7. The predicted molar refractivity (Wildman–Crippen MR) is 119 cm³/mol. The Bertz CT molecular complexity index is 716. The Labute approximate surface area is 188 Å². The van der Waals surface area contributed by atoms with Crippen LogP contribution in [-0.4, -0.2) is 40.9 Å². The van der Waals surface area contributed by atoms with Crippen molar-refractivity contribution in [3.8, 4) is 0 Å². The van der Waals surface area contributed by atoms with Crippen LogP contribution in [0.2, 0.25) is 0 Å². The van der Waals surface area contributed by atoms with Crippen LogP contribution in [0.4, 0.5) is 0 Å². The lowest BCUT2D eigenvalue weighted by Gasteiger charge is -2.62. The number of rotatable bonds is 0. The maximum absolute atomic E-state index is 11.7. The molecular formula is C27H44O4. The molecule has 6 rings (SSSR count). The van der Waals surface area contributed by atoms with Crippen LogP contribution < -0.4 is 0 Å². The van der Waals surface area contributed by atoms with Crippen LogP contribution >= 0.6 is 0 Å². The molecule has 2 N–H and O–H groups in total. The zero-order valence-corrected chi connectivity index (χ0v) is 20.1. The van der Waals surface area contributed by atoms with E-state index in [1.165, 1.54) is 19.3 Å². The zero-order chi connectivity index (χ0) is 21.8. The summed E-state index contributed by atoms with van der Waals surface area (Å²) in [6.07, 6.45) is 9.63. The molecule has 0 unspecified atom stereocenters. The Morgan fingerprint density at radius 1 is 0.871 bits per heavy atom. The van der Waals surface area contributed by atoms with E-state index in [-0.39, 0.29) is 28.8 Å². The molecule has 0 amide bonds. The summed E-state index contributed by atoms with van der Waals surface area (Å²) in [6.45, 7) is 10.4. The molecule has 6 aliphatic rings. The van der Waals surface area contributed by atoms with Gasteiger partial charge in [0.1, 0.15) is 0 Å². The first-order valence-electron chi connectivity index (χ1n) is 13.4. The van der Waals surface area contributed by atoms with Crippen LogP contribution in [0.1, 0.15) is 85.5 Å².